The van der Waals surface area contributed by atoms with Gasteiger partial charge in [-0.1, -0.05) is 6.92 Å². The zero-order valence-electron chi connectivity index (χ0n) is 9.66. The van der Waals surface area contributed by atoms with Crippen molar-refractivity contribution in [1.82, 2.24) is 10.3 Å². The molecule has 0 aliphatic rings. The van der Waals surface area contributed by atoms with Gasteiger partial charge in [0.2, 0.25) is 0 Å². The highest BCUT2D eigenvalue weighted by atomic mass is 79.9. The molecule has 0 spiro atoms. The second-order valence-corrected chi connectivity index (χ2v) is 4.83. The summed E-state index contributed by atoms with van der Waals surface area (Å²) in [6.07, 6.45) is 4.92. The molecule has 16 heavy (non-hydrogen) atoms. The lowest BCUT2D eigenvalue weighted by molar-refractivity contribution is -0.117. The van der Waals surface area contributed by atoms with Crippen LogP contribution in [-0.2, 0) is 11.2 Å². The van der Waals surface area contributed by atoms with Gasteiger partial charge in [0.1, 0.15) is 0 Å². The van der Waals surface area contributed by atoms with Gasteiger partial charge in [0.25, 0.3) is 0 Å². The summed E-state index contributed by atoms with van der Waals surface area (Å²) in [5.41, 5.74) is 0.949. The maximum atomic E-state index is 11.6. The first-order valence-corrected chi connectivity index (χ1v) is 6.25. The Labute approximate surface area is 105 Å². The molecule has 3 nitrogen and oxygen atoms in total. The Balaban J connectivity index is 2.40. The highest BCUT2D eigenvalue weighted by Crippen LogP contribution is 2.10. The van der Waals surface area contributed by atoms with Crippen LogP contribution in [0.15, 0.2) is 22.9 Å². The summed E-state index contributed by atoms with van der Waals surface area (Å²) in [4.78, 5) is 15.7. The van der Waals surface area contributed by atoms with Crippen molar-refractivity contribution in [2.75, 3.05) is 6.54 Å². The number of hydrogen-bond donors (Lipinski definition) is 1. The van der Waals surface area contributed by atoms with Crippen LogP contribution in [-0.4, -0.2) is 23.4 Å². The topological polar surface area (TPSA) is 42.0 Å². The third kappa shape index (κ3) is 4.86. The Hall–Kier alpha value is -0.740. The summed E-state index contributed by atoms with van der Waals surface area (Å²) in [6, 6.07) is 2.32. The average Bonchev–Trinajstić information content (AvgIpc) is 2.26. The van der Waals surface area contributed by atoms with Crippen molar-refractivity contribution in [3.05, 3.63) is 28.5 Å². The number of nitrogens with zero attached hydrogens (tertiary/aromatic N) is 1. The van der Waals surface area contributed by atoms with E-state index >= 15 is 0 Å². The van der Waals surface area contributed by atoms with Crippen molar-refractivity contribution in [1.29, 1.82) is 0 Å². The summed E-state index contributed by atoms with van der Waals surface area (Å²) in [5.74, 6) is 0.195. The molecule has 88 valence electrons. The standard InChI is InChI=1S/C12H17BrN2O/c1-3-9(2)15-8-12(16)5-10-4-11(13)7-14-6-10/h4,6-7,9,15H,3,5,8H2,1-2H3. The predicted molar refractivity (Wildman–Crippen MR) is 68.4 cm³/mol. The van der Waals surface area contributed by atoms with E-state index in [1.54, 1.807) is 12.4 Å². The molecule has 0 bridgehead atoms. The van der Waals surface area contributed by atoms with Gasteiger partial charge in [-0.2, -0.15) is 0 Å². The molecule has 1 N–H and O–H groups in total. The molecule has 0 saturated carbocycles. The second kappa shape index (κ2) is 6.76. The molecule has 0 fully saturated rings. The summed E-state index contributed by atoms with van der Waals surface area (Å²) in [7, 11) is 0. The lowest BCUT2D eigenvalue weighted by Gasteiger charge is -2.10. The van der Waals surface area contributed by atoms with Crippen LogP contribution < -0.4 is 5.32 Å². The third-order valence-electron chi connectivity index (χ3n) is 2.42. The van der Waals surface area contributed by atoms with Gasteiger partial charge >= 0.3 is 0 Å². The fourth-order valence-electron chi connectivity index (χ4n) is 1.28. The molecule has 1 heterocycles. The molecule has 1 atom stereocenters. The Kier molecular flexibility index (Phi) is 5.63. The molecule has 1 unspecified atom stereocenters. The number of nitrogens with one attached hydrogen (secondary N) is 1. The molecular weight excluding hydrogens is 268 g/mol. The van der Waals surface area contributed by atoms with E-state index in [4.69, 9.17) is 0 Å². The van der Waals surface area contributed by atoms with E-state index in [2.05, 4.69) is 40.1 Å². The van der Waals surface area contributed by atoms with Crippen molar-refractivity contribution in [3.63, 3.8) is 0 Å². The minimum absolute atomic E-state index is 0.195. The van der Waals surface area contributed by atoms with E-state index in [1.165, 1.54) is 0 Å². The molecule has 0 saturated heterocycles. The number of carbonyl (C=O) groups is 1. The van der Waals surface area contributed by atoms with E-state index in [9.17, 15) is 4.79 Å². The van der Waals surface area contributed by atoms with Crippen LogP contribution in [0.1, 0.15) is 25.8 Å². The van der Waals surface area contributed by atoms with Crippen LogP contribution in [0.5, 0.6) is 0 Å². The first-order valence-electron chi connectivity index (χ1n) is 5.46. The van der Waals surface area contributed by atoms with E-state index < -0.39 is 0 Å². The lowest BCUT2D eigenvalue weighted by atomic mass is 10.1. The molecule has 0 amide bonds. The fraction of sp³-hybridized carbons (Fsp3) is 0.500. The molecule has 0 aliphatic carbocycles. The summed E-state index contributed by atoms with van der Waals surface area (Å²) in [6.45, 7) is 4.61. The third-order valence-corrected chi connectivity index (χ3v) is 2.86. The Bertz CT molecular complexity index is 355. The highest BCUT2D eigenvalue weighted by Gasteiger charge is 2.06. The van der Waals surface area contributed by atoms with Gasteiger partial charge in [0.05, 0.1) is 6.54 Å². The zero-order chi connectivity index (χ0) is 12.0. The smallest absolute Gasteiger partial charge is 0.151 e. The van der Waals surface area contributed by atoms with Crippen molar-refractivity contribution in [2.24, 2.45) is 0 Å². The van der Waals surface area contributed by atoms with Gasteiger partial charge in [-0.15, -0.1) is 0 Å². The van der Waals surface area contributed by atoms with Crippen LogP contribution in [0, 0.1) is 0 Å². The van der Waals surface area contributed by atoms with Crippen molar-refractivity contribution >= 4 is 21.7 Å². The van der Waals surface area contributed by atoms with Gasteiger partial charge in [-0.25, -0.2) is 0 Å². The molecule has 1 aromatic heterocycles. The monoisotopic (exact) mass is 284 g/mol. The van der Waals surface area contributed by atoms with E-state index in [0.29, 0.717) is 19.0 Å². The molecule has 1 rings (SSSR count). The molecule has 0 aromatic carbocycles. The molecule has 4 heteroatoms. The quantitative estimate of drug-likeness (QED) is 0.872. The van der Waals surface area contributed by atoms with Gasteiger partial charge < -0.3 is 5.32 Å². The first kappa shape index (κ1) is 13.3. The first-order chi connectivity index (χ1) is 7.61. The Morgan fingerprint density at radius 1 is 1.56 bits per heavy atom. The van der Waals surface area contributed by atoms with Crippen molar-refractivity contribution < 1.29 is 4.79 Å². The minimum Gasteiger partial charge on any atom is -0.307 e. The van der Waals surface area contributed by atoms with Gasteiger partial charge in [-0.05, 0) is 40.9 Å². The fourth-order valence-corrected chi connectivity index (χ4v) is 1.69. The number of Topliss-reactive ketones (excluding diaryl/α,β-unsaturated/α-hetero) is 1. The number of hydrogen-bond acceptors (Lipinski definition) is 3. The van der Waals surface area contributed by atoms with Gasteiger partial charge in [0, 0.05) is 29.3 Å². The van der Waals surface area contributed by atoms with Crippen LogP contribution in [0.3, 0.4) is 0 Å². The predicted octanol–water partition coefficient (Wildman–Crippen LogP) is 2.34. The molecular formula is C12H17BrN2O. The molecule has 0 radical (unpaired) electrons. The van der Waals surface area contributed by atoms with Crippen LogP contribution in [0.25, 0.3) is 0 Å². The van der Waals surface area contributed by atoms with E-state index in [0.717, 1.165) is 16.5 Å². The number of halogens is 1. The van der Waals surface area contributed by atoms with E-state index in [1.807, 2.05) is 6.07 Å². The second-order valence-electron chi connectivity index (χ2n) is 3.92. The lowest BCUT2D eigenvalue weighted by Crippen LogP contribution is -2.31. The van der Waals surface area contributed by atoms with E-state index in [-0.39, 0.29) is 5.78 Å². The van der Waals surface area contributed by atoms with Gasteiger partial charge in [-0.3, -0.25) is 9.78 Å². The van der Waals surface area contributed by atoms with Crippen LogP contribution in [0.4, 0.5) is 0 Å². The minimum atomic E-state index is 0.195. The maximum Gasteiger partial charge on any atom is 0.151 e. The number of rotatable bonds is 6. The number of carbonyl (C=O) groups excluding carboxylic acids is 1. The Morgan fingerprint density at radius 3 is 2.94 bits per heavy atom. The summed E-state index contributed by atoms with van der Waals surface area (Å²) < 4.78 is 0.910. The zero-order valence-corrected chi connectivity index (χ0v) is 11.3. The number of ketones is 1. The molecule has 0 aliphatic heterocycles. The summed E-state index contributed by atoms with van der Waals surface area (Å²) >= 11 is 3.34. The normalized spacial score (nSPS) is 12.4. The SMILES string of the molecule is CCC(C)NCC(=O)Cc1cncc(Br)c1. The average molecular weight is 285 g/mol. The molecule has 1 aromatic rings. The van der Waals surface area contributed by atoms with Gasteiger partial charge in [0.15, 0.2) is 5.78 Å². The summed E-state index contributed by atoms with van der Waals surface area (Å²) in [5, 5.41) is 3.19. The largest absolute Gasteiger partial charge is 0.307 e. The maximum absolute atomic E-state index is 11.6. The van der Waals surface area contributed by atoms with Crippen LogP contribution >= 0.6 is 15.9 Å². The Morgan fingerprint density at radius 2 is 2.31 bits per heavy atom. The van der Waals surface area contributed by atoms with Crippen LogP contribution in [0.2, 0.25) is 0 Å². The number of pyridine rings is 1. The highest BCUT2D eigenvalue weighted by molar-refractivity contribution is 9.10. The van der Waals surface area contributed by atoms with Crippen molar-refractivity contribution in [3.8, 4) is 0 Å². The number of aromatic nitrogens is 1. The van der Waals surface area contributed by atoms with Crippen molar-refractivity contribution in [2.45, 2.75) is 32.7 Å².